The Morgan fingerprint density at radius 3 is 2.95 bits per heavy atom. The van der Waals surface area contributed by atoms with Crippen LogP contribution in [0.2, 0.25) is 0 Å². The van der Waals surface area contributed by atoms with E-state index >= 15 is 0 Å². The summed E-state index contributed by atoms with van der Waals surface area (Å²) in [5, 5.41) is 6.12. The van der Waals surface area contributed by atoms with Crippen molar-refractivity contribution < 1.29 is 9.53 Å². The molecule has 4 N–H and O–H groups in total. The van der Waals surface area contributed by atoms with Gasteiger partial charge in [-0.3, -0.25) is 4.79 Å². The van der Waals surface area contributed by atoms with Gasteiger partial charge in [0.25, 0.3) is 5.91 Å². The summed E-state index contributed by atoms with van der Waals surface area (Å²) in [5.74, 6) is 1.74. The van der Waals surface area contributed by atoms with Gasteiger partial charge < -0.3 is 21.1 Å². The summed E-state index contributed by atoms with van der Waals surface area (Å²) in [4.78, 5) is 11.3. The standard InChI is InChI=1S/C15H23N3O2S/c1-21-7-5-3-2-4-6-17-12-9-13-14(8-11(12)16)20-10-15(19)18-13/h8-9,17H,2-7,10,16H2,1H3,(H,18,19). The third-order valence-corrected chi connectivity index (χ3v) is 4.07. The number of unbranched alkanes of at least 4 members (excludes halogenated alkanes) is 3. The maximum absolute atomic E-state index is 11.3. The predicted molar refractivity (Wildman–Crippen MR) is 90.3 cm³/mol. The van der Waals surface area contributed by atoms with E-state index in [2.05, 4.69) is 16.9 Å². The van der Waals surface area contributed by atoms with E-state index in [1.165, 1.54) is 25.0 Å². The number of anilines is 3. The zero-order chi connectivity index (χ0) is 15.1. The fourth-order valence-corrected chi connectivity index (χ4v) is 2.74. The lowest BCUT2D eigenvalue weighted by Gasteiger charge is -2.20. The van der Waals surface area contributed by atoms with E-state index in [-0.39, 0.29) is 12.5 Å². The molecule has 0 radical (unpaired) electrons. The molecule has 0 aliphatic carbocycles. The highest BCUT2D eigenvalue weighted by Crippen LogP contribution is 2.35. The van der Waals surface area contributed by atoms with Crippen molar-refractivity contribution in [2.75, 3.05) is 41.5 Å². The molecule has 21 heavy (non-hydrogen) atoms. The van der Waals surface area contributed by atoms with Gasteiger partial charge in [0.05, 0.1) is 17.1 Å². The molecular weight excluding hydrogens is 286 g/mol. The monoisotopic (exact) mass is 309 g/mol. The molecular formula is C15H23N3O2S. The van der Waals surface area contributed by atoms with Gasteiger partial charge in [0.2, 0.25) is 0 Å². The molecule has 0 atom stereocenters. The second-order valence-corrected chi connectivity index (χ2v) is 6.09. The van der Waals surface area contributed by atoms with Gasteiger partial charge in [0, 0.05) is 12.6 Å². The fourth-order valence-electron chi connectivity index (χ4n) is 2.24. The highest BCUT2D eigenvalue weighted by Gasteiger charge is 2.17. The maximum Gasteiger partial charge on any atom is 0.262 e. The number of thioether (sulfide) groups is 1. The van der Waals surface area contributed by atoms with E-state index in [0.29, 0.717) is 17.1 Å². The number of ether oxygens (including phenoxy) is 1. The molecule has 1 amide bonds. The Hall–Kier alpha value is -1.56. The zero-order valence-electron chi connectivity index (χ0n) is 12.4. The molecule has 0 spiro atoms. The van der Waals surface area contributed by atoms with Crippen LogP contribution in [0.1, 0.15) is 25.7 Å². The Bertz CT molecular complexity index is 494. The van der Waals surface area contributed by atoms with E-state index in [1.807, 2.05) is 17.8 Å². The van der Waals surface area contributed by atoms with Crippen LogP contribution in [0.15, 0.2) is 12.1 Å². The number of nitrogens with two attached hydrogens (primary N) is 1. The molecule has 0 aromatic heterocycles. The Kier molecular flexibility index (Phi) is 6.04. The van der Waals surface area contributed by atoms with E-state index in [1.54, 1.807) is 6.07 Å². The molecule has 0 fully saturated rings. The van der Waals surface area contributed by atoms with Crippen LogP contribution < -0.4 is 21.1 Å². The maximum atomic E-state index is 11.3. The topological polar surface area (TPSA) is 76.4 Å². The van der Waals surface area contributed by atoms with Crippen LogP contribution in [0, 0.1) is 0 Å². The van der Waals surface area contributed by atoms with Crippen molar-refractivity contribution >= 4 is 34.7 Å². The Morgan fingerprint density at radius 1 is 1.33 bits per heavy atom. The lowest BCUT2D eigenvalue weighted by atomic mass is 10.2. The van der Waals surface area contributed by atoms with Crippen LogP contribution in [0.25, 0.3) is 0 Å². The molecule has 0 saturated heterocycles. The first kappa shape index (κ1) is 15.8. The van der Waals surface area contributed by atoms with Crippen molar-refractivity contribution in [3.05, 3.63) is 12.1 Å². The SMILES string of the molecule is CSCCCCCCNc1cc2c(cc1N)OCC(=O)N2. The molecule has 1 aromatic rings. The lowest BCUT2D eigenvalue weighted by Crippen LogP contribution is -2.25. The van der Waals surface area contributed by atoms with Gasteiger partial charge >= 0.3 is 0 Å². The summed E-state index contributed by atoms with van der Waals surface area (Å²) in [6.07, 6.45) is 7.03. The van der Waals surface area contributed by atoms with E-state index < -0.39 is 0 Å². The highest BCUT2D eigenvalue weighted by molar-refractivity contribution is 7.98. The summed E-state index contributed by atoms with van der Waals surface area (Å²) in [7, 11) is 0. The van der Waals surface area contributed by atoms with Gasteiger partial charge in [-0.15, -0.1) is 0 Å². The number of rotatable bonds is 8. The molecule has 6 heteroatoms. The number of amides is 1. The molecule has 0 saturated carbocycles. The van der Waals surface area contributed by atoms with E-state index in [4.69, 9.17) is 10.5 Å². The number of carbonyl (C=O) groups excluding carboxylic acids is 1. The van der Waals surface area contributed by atoms with Gasteiger partial charge in [0.15, 0.2) is 6.61 Å². The number of nitrogens with one attached hydrogen (secondary N) is 2. The molecule has 1 aliphatic rings. The molecule has 116 valence electrons. The molecule has 1 aliphatic heterocycles. The number of benzene rings is 1. The fraction of sp³-hybridized carbons (Fsp3) is 0.533. The van der Waals surface area contributed by atoms with Crippen LogP contribution >= 0.6 is 11.8 Å². The van der Waals surface area contributed by atoms with Crippen LogP contribution in [-0.2, 0) is 4.79 Å². The van der Waals surface area contributed by atoms with Crippen molar-refractivity contribution in [1.82, 2.24) is 0 Å². The van der Waals surface area contributed by atoms with Crippen LogP contribution in [0.3, 0.4) is 0 Å². The minimum absolute atomic E-state index is 0.0509. The molecule has 2 rings (SSSR count). The van der Waals surface area contributed by atoms with Crippen molar-refractivity contribution in [3.8, 4) is 5.75 Å². The second-order valence-electron chi connectivity index (χ2n) is 5.11. The molecule has 0 bridgehead atoms. The first-order chi connectivity index (χ1) is 10.2. The largest absolute Gasteiger partial charge is 0.482 e. The average Bonchev–Trinajstić information content (AvgIpc) is 2.47. The average molecular weight is 309 g/mol. The van der Waals surface area contributed by atoms with Gasteiger partial charge in [-0.2, -0.15) is 11.8 Å². The number of hydrogen-bond donors (Lipinski definition) is 3. The third kappa shape index (κ3) is 4.74. The highest BCUT2D eigenvalue weighted by atomic mass is 32.2. The number of nitrogen functional groups attached to an aromatic ring is 1. The second kappa shape index (κ2) is 8.02. The molecule has 1 aromatic carbocycles. The first-order valence-electron chi connectivity index (χ1n) is 7.29. The van der Waals surface area contributed by atoms with Crippen LogP contribution in [-0.4, -0.2) is 31.1 Å². The smallest absolute Gasteiger partial charge is 0.262 e. The van der Waals surface area contributed by atoms with Crippen LogP contribution in [0.5, 0.6) is 5.75 Å². The van der Waals surface area contributed by atoms with Crippen molar-refractivity contribution in [1.29, 1.82) is 0 Å². The minimum Gasteiger partial charge on any atom is -0.482 e. The summed E-state index contributed by atoms with van der Waals surface area (Å²) >= 11 is 1.90. The van der Waals surface area contributed by atoms with Crippen molar-refractivity contribution in [3.63, 3.8) is 0 Å². The van der Waals surface area contributed by atoms with Crippen molar-refractivity contribution in [2.24, 2.45) is 0 Å². The summed E-state index contributed by atoms with van der Waals surface area (Å²) < 4.78 is 5.33. The van der Waals surface area contributed by atoms with Crippen molar-refractivity contribution in [2.45, 2.75) is 25.7 Å². The Balaban J connectivity index is 1.80. The van der Waals surface area contributed by atoms with E-state index in [0.717, 1.165) is 18.7 Å². The zero-order valence-corrected chi connectivity index (χ0v) is 13.2. The minimum atomic E-state index is -0.132. The number of carbonyl (C=O) groups is 1. The molecule has 5 nitrogen and oxygen atoms in total. The van der Waals surface area contributed by atoms with E-state index in [9.17, 15) is 4.79 Å². The Morgan fingerprint density at radius 2 is 2.14 bits per heavy atom. The third-order valence-electron chi connectivity index (χ3n) is 3.38. The van der Waals surface area contributed by atoms with Crippen LogP contribution in [0.4, 0.5) is 17.1 Å². The summed E-state index contributed by atoms with van der Waals surface area (Å²) in [5.41, 5.74) is 8.18. The Labute approximate surface area is 130 Å². The van der Waals surface area contributed by atoms with Gasteiger partial charge in [-0.05, 0) is 30.9 Å². The van der Waals surface area contributed by atoms with Gasteiger partial charge in [0.1, 0.15) is 5.75 Å². The lowest BCUT2D eigenvalue weighted by molar-refractivity contribution is -0.118. The predicted octanol–water partition coefficient (Wildman–Crippen LogP) is 2.93. The normalized spacial score (nSPS) is 13.3. The first-order valence-corrected chi connectivity index (χ1v) is 8.69. The molecule has 0 unspecified atom stereocenters. The number of hydrogen-bond acceptors (Lipinski definition) is 5. The quantitative estimate of drug-likeness (QED) is 0.508. The van der Waals surface area contributed by atoms with Gasteiger partial charge in [-0.1, -0.05) is 12.8 Å². The van der Waals surface area contributed by atoms with Gasteiger partial charge in [-0.25, -0.2) is 0 Å². The summed E-state index contributed by atoms with van der Waals surface area (Å²) in [6.45, 7) is 0.937. The summed E-state index contributed by atoms with van der Waals surface area (Å²) in [6, 6.07) is 3.60. The molecule has 1 heterocycles. The number of fused-ring (bicyclic) bond motifs is 1.